The third-order valence-electron chi connectivity index (χ3n) is 2.08. The molecule has 0 aliphatic carbocycles. The van der Waals surface area contributed by atoms with Crippen LogP contribution in [0.5, 0.6) is 5.75 Å². The summed E-state index contributed by atoms with van der Waals surface area (Å²) < 4.78 is 6.46. The Balaban J connectivity index is 2.68. The average molecular weight is 272 g/mol. The van der Waals surface area contributed by atoms with Crippen molar-refractivity contribution in [1.82, 2.24) is 0 Å². The SMILES string of the molecule is COc1cc2sc(N)cc2cc1CBr. The maximum Gasteiger partial charge on any atom is 0.124 e. The van der Waals surface area contributed by atoms with Crippen LogP contribution in [0.2, 0.25) is 0 Å². The fourth-order valence-electron chi connectivity index (χ4n) is 1.43. The molecule has 0 atom stereocenters. The van der Waals surface area contributed by atoms with Crippen molar-refractivity contribution in [2.75, 3.05) is 12.8 Å². The van der Waals surface area contributed by atoms with Crippen molar-refractivity contribution in [3.8, 4) is 5.75 Å². The van der Waals surface area contributed by atoms with E-state index in [4.69, 9.17) is 10.5 Å². The van der Waals surface area contributed by atoms with Gasteiger partial charge in [0.25, 0.3) is 0 Å². The normalized spacial score (nSPS) is 10.7. The van der Waals surface area contributed by atoms with Gasteiger partial charge < -0.3 is 10.5 Å². The van der Waals surface area contributed by atoms with Crippen LogP contribution in [0.1, 0.15) is 5.56 Å². The maximum absolute atomic E-state index is 5.74. The van der Waals surface area contributed by atoms with Gasteiger partial charge in [-0.05, 0) is 23.6 Å². The number of hydrogen-bond donors (Lipinski definition) is 1. The number of halogens is 1. The van der Waals surface area contributed by atoms with Gasteiger partial charge in [-0.3, -0.25) is 0 Å². The second-order valence-corrected chi connectivity index (χ2v) is 4.66. The predicted molar refractivity (Wildman–Crippen MR) is 65.4 cm³/mol. The molecule has 0 fully saturated rings. The van der Waals surface area contributed by atoms with E-state index in [1.165, 1.54) is 10.1 Å². The number of ether oxygens (including phenoxy) is 1. The molecule has 0 aliphatic heterocycles. The molecule has 2 N–H and O–H groups in total. The van der Waals surface area contributed by atoms with Crippen molar-refractivity contribution < 1.29 is 4.74 Å². The summed E-state index contributed by atoms with van der Waals surface area (Å²) in [4.78, 5) is 0. The largest absolute Gasteiger partial charge is 0.496 e. The molecule has 2 aromatic rings. The molecule has 0 unspecified atom stereocenters. The van der Waals surface area contributed by atoms with Crippen LogP contribution in [0.3, 0.4) is 0 Å². The Kier molecular flexibility index (Phi) is 2.65. The van der Waals surface area contributed by atoms with Crippen molar-refractivity contribution in [2.24, 2.45) is 0 Å². The fraction of sp³-hybridized carbons (Fsp3) is 0.200. The molecule has 14 heavy (non-hydrogen) atoms. The second-order valence-electron chi connectivity index (χ2n) is 2.98. The van der Waals surface area contributed by atoms with Gasteiger partial charge in [-0.15, -0.1) is 11.3 Å². The van der Waals surface area contributed by atoms with Crippen LogP contribution >= 0.6 is 27.3 Å². The highest BCUT2D eigenvalue weighted by Crippen LogP contribution is 2.33. The topological polar surface area (TPSA) is 35.2 Å². The van der Waals surface area contributed by atoms with Crippen molar-refractivity contribution in [1.29, 1.82) is 0 Å². The molecule has 0 amide bonds. The number of nitrogens with two attached hydrogens (primary N) is 1. The number of benzene rings is 1. The monoisotopic (exact) mass is 271 g/mol. The van der Waals surface area contributed by atoms with E-state index in [1.54, 1.807) is 18.4 Å². The van der Waals surface area contributed by atoms with Gasteiger partial charge in [-0.1, -0.05) is 15.9 Å². The first kappa shape index (κ1) is 9.80. The summed E-state index contributed by atoms with van der Waals surface area (Å²) in [5.41, 5.74) is 6.89. The highest BCUT2D eigenvalue weighted by atomic mass is 79.9. The maximum atomic E-state index is 5.74. The summed E-state index contributed by atoms with van der Waals surface area (Å²) >= 11 is 5.02. The summed E-state index contributed by atoms with van der Waals surface area (Å²) in [5, 5.41) is 2.82. The molecule has 0 bridgehead atoms. The van der Waals surface area contributed by atoms with Crippen LogP contribution in [0.15, 0.2) is 18.2 Å². The highest BCUT2D eigenvalue weighted by molar-refractivity contribution is 9.08. The average Bonchev–Trinajstić information content (AvgIpc) is 2.54. The zero-order valence-electron chi connectivity index (χ0n) is 7.71. The number of alkyl halides is 1. The number of anilines is 1. The molecule has 2 rings (SSSR count). The summed E-state index contributed by atoms with van der Waals surface area (Å²) in [6, 6.07) is 6.13. The first-order valence-electron chi connectivity index (χ1n) is 4.16. The van der Waals surface area contributed by atoms with Gasteiger partial charge in [0.15, 0.2) is 0 Å². The molecule has 74 valence electrons. The third-order valence-corrected chi connectivity index (χ3v) is 3.61. The van der Waals surface area contributed by atoms with Crippen LogP contribution in [0.25, 0.3) is 10.1 Å². The minimum absolute atomic E-state index is 0.794. The lowest BCUT2D eigenvalue weighted by atomic mass is 10.2. The van der Waals surface area contributed by atoms with Gasteiger partial charge in [0.2, 0.25) is 0 Å². The number of hydrogen-bond acceptors (Lipinski definition) is 3. The number of fused-ring (bicyclic) bond motifs is 1. The molecule has 0 aliphatic rings. The van der Waals surface area contributed by atoms with Gasteiger partial charge in [0.1, 0.15) is 5.75 Å². The smallest absolute Gasteiger partial charge is 0.124 e. The summed E-state index contributed by atoms with van der Waals surface area (Å²) in [5.74, 6) is 0.913. The van der Waals surface area contributed by atoms with Crippen LogP contribution in [0.4, 0.5) is 5.00 Å². The Hall–Kier alpha value is -0.740. The van der Waals surface area contributed by atoms with Gasteiger partial charge in [0, 0.05) is 15.6 Å². The van der Waals surface area contributed by atoms with Gasteiger partial charge in [-0.2, -0.15) is 0 Å². The Morgan fingerprint density at radius 3 is 2.86 bits per heavy atom. The molecule has 2 nitrogen and oxygen atoms in total. The van der Waals surface area contributed by atoms with Crippen LogP contribution in [-0.2, 0) is 5.33 Å². The summed E-state index contributed by atoms with van der Waals surface area (Å²) in [7, 11) is 1.68. The number of nitrogen functional groups attached to an aromatic ring is 1. The first-order chi connectivity index (χ1) is 6.74. The molecule has 0 spiro atoms. The van der Waals surface area contributed by atoms with Gasteiger partial charge in [0.05, 0.1) is 12.1 Å². The molecular weight excluding hydrogens is 262 g/mol. The van der Waals surface area contributed by atoms with Crippen LogP contribution < -0.4 is 10.5 Å². The lowest BCUT2D eigenvalue weighted by Crippen LogP contribution is -1.88. The Morgan fingerprint density at radius 2 is 2.21 bits per heavy atom. The number of rotatable bonds is 2. The van der Waals surface area contributed by atoms with Crippen molar-refractivity contribution in [2.45, 2.75) is 5.33 Å². The lowest BCUT2D eigenvalue weighted by molar-refractivity contribution is 0.412. The van der Waals surface area contributed by atoms with Crippen molar-refractivity contribution in [3.63, 3.8) is 0 Å². The lowest BCUT2D eigenvalue weighted by Gasteiger charge is -2.05. The number of methoxy groups -OCH3 is 1. The third kappa shape index (κ3) is 1.60. The summed E-state index contributed by atoms with van der Waals surface area (Å²) in [6.45, 7) is 0. The Bertz CT molecular complexity index is 425. The number of thiophene rings is 1. The fourth-order valence-corrected chi connectivity index (χ4v) is 2.71. The molecule has 0 radical (unpaired) electrons. The molecule has 0 saturated heterocycles. The van der Waals surface area contributed by atoms with Gasteiger partial charge >= 0.3 is 0 Å². The van der Waals surface area contributed by atoms with E-state index in [0.717, 1.165) is 21.6 Å². The minimum atomic E-state index is 0.794. The van der Waals surface area contributed by atoms with Crippen molar-refractivity contribution in [3.05, 3.63) is 23.8 Å². The molecule has 4 heteroatoms. The molecule has 1 aromatic carbocycles. The van der Waals surface area contributed by atoms with Crippen LogP contribution in [-0.4, -0.2) is 7.11 Å². The minimum Gasteiger partial charge on any atom is -0.496 e. The van der Waals surface area contributed by atoms with Crippen LogP contribution in [0, 0.1) is 0 Å². The Labute approximate surface area is 94.8 Å². The van der Waals surface area contributed by atoms with E-state index >= 15 is 0 Å². The van der Waals surface area contributed by atoms with E-state index in [2.05, 4.69) is 22.0 Å². The highest BCUT2D eigenvalue weighted by Gasteiger charge is 2.06. The Morgan fingerprint density at radius 1 is 1.43 bits per heavy atom. The zero-order valence-corrected chi connectivity index (χ0v) is 10.1. The standard InChI is InChI=1S/C10H10BrNOS/c1-13-8-4-9-6(2-7(8)5-11)3-10(12)14-9/h2-4H,5,12H2,1H3. The van der Waals surface area contributed by atoms with Crippen molar-refractivity contribution >= 4 is 42.4 Å². The first-order valence-corrected chi connectivity index (χ1v) is 6.10. The molecule has 0 saturated carbocycles. The quantitative estimate of drug-likeness (QED) is 0.850. The molecule has 1 aromatic heterocycles. The van der Waals surface area contributed by atoms with Gasteiger partial charge in [-0.25, -0.2) is 0 Å². The predicted octanol–water partition coefficient (Wildman–Crippen LogP) is 3.39. The summed E-state index contributed by atoms with van der Waals surface area (Å²) in [6.07, 6.45) is 0. The zero-order chi connectivity index (χ0) is 10.1. The van der Waals surface area contributed by atoms with E-state index < -0.39 is 0 Å². The van der Waals surface area contributed by atoms with E-state index in [0.29, 0.717) is 0 Å². The second kappa shape index (κ2) is 3.79. The molecule has 1 heterocycles. The van der Waals surface area contributed by atoms with E-state index in [1.807, 2.05) is 12.1 Å². The van der Waals surface area contributed by atoms with E-state index in [-0.39, 0.29) is 0 Å². The van der Waals surface area contributed by atoms with E-state index in [9.17, 15) is 0 Å². The molecular formula is C10H10BrNOS.